The number of carbonyl (C=O) groups excluding carboxylic acids is 1. The summed E-state index contributed by atoms with van der Waals surface area (Å²) in [5, 5.41) is 0. The smallest absolute Gasteiger partial charge is 0.337 e. The average Bonchev–Trinajstić information content (AvgIpc) is 2.73. The van der Waals surface area contributed by atoms with Crippen molar-refractivity contribution in [3.05, 3.63) is 78.4 Å². The molecule has 7 heteroatoms. The van der Waals surface area contributed by atoms with Gasteiger partial charge in [0.2, 0.25) is 0 Å². The molecule has 0 aromatic heterocycles. The van der Waals surface area contributed by atoms with Crippen LogP contribution in [0.2, 0.25) is 0 Å². The first kappa shape index (κ1) is 19.4. The molecule has 6 nitrogen and oxygen atoms in total. The predicted molar refractivity (Wildman–Crippen MR) is 107 cm³/mol. The van der Waals surface area contributed by atoms with Gasteiger partial charge in [-0.15, -0.1) is 0 Å². The van der Waals surface area contributed by atoms with Gasteiger partial charge in [0.25, 0.3) is 10.0 Å². The van der Waals surface area contributed by atoms with Crippen molar-refractivity contribution in [2.24, 2.45) is 0 Å². The molecule has 0 unspecified atom stereocenters. The number of rotatable bonds is 6. The van der Waals surface area contributed by atoms with E-state index in [0.29, 0.717) is 0 Å². The summed E-state index contributed by atoms with van der Waals surface area (Å²) < 4.78 is 37.9. The molecule has 3 aromatic carbocycles. The summed E-state index contributed by atoms with van der Waals surface area (Å²) >= 11 is 0. The van der Waals surface area contributed by atoms with Crippen LogP contribution < -0.4 is 9.46 Å². The van der Waals surface area contributed by atoms with Crippen molar-refractivity contribution in [1.29, 1.82) is 0 Å². The monoisotopic (exact) mass is 397 g/mol. The number of esters is 1. The molecule has 3 rings (SSSR count). The number of methoxy groups -OCH3 is 2. The van der Waals surface area contributed by atoms with Crippen molar-refractivity contribution in [2.75, 3.05) is 18.9 Å². The van der Waals surface area contributed by atoms with Crippen LogP contribution in [0.1, 0.15) is 10.4 Å². The minimum Gasteiger partial charge on any atom is -0.495 e. The lowest BCUT2D eigenvalue weighted by atomic mass is 10.1. The second-order valence-electron chi connectivity index (χ2n) is 5.90. The first-order chi connectivity index (χ1) is 13.4. The number of nitrogens with one attached hydrogen (secondary N) is 1. The Morgan fingerprint density at radius 1 is 0.857 bits per heavy atom. The van der Waals surface area contributed by atoms with Crippen molar-refractivity contribution in [3.63, 3.8) is 0 Å². The lowest BCUT2D eigenvalue weighted by molar-refractivity contribution is 0.0600. The summed E-state index contributed by atoms with van der Waals surface area (Å²) in [6.45, 7) is 0. The molecular formula is C21H19NO5S. The number of carbonyl (C=O) groups is 1. The van der Waals surface area contributed by atoms with Crippen molar-refractivity contribution in [3.8, 4) is 16.9 Å². The highest BCUT2D eigenvalue weighted by atomic mass is 32.2. The summed E-state index contributed by atoms with van der Waals surface area (Å²) in [5.41, 5.74) is 2.26. The van der Waals surface area contributed by atoms with Gasteiger partial charge in [0.15, 0.2) is 0 Å². The summed E-state index contributed by atoms with van der Waals surface area (Å²) in [6.07, 6.45) is 0. The summed E-state index contributed by atoms with van der Waals surface area (Å²) in [5.74, 6) is -0.285. The Balaban J connectivity index is 1.90. The van der Waals surface area contributed by atoms with Crippen LogP contribution in [0.5, 0.6) is 5.75 Å². The fourth-order valence-electron chi connectivity index (χ4n) is 2.69. The van der Waals surface area contributed by atoms with Crippen LogP contribution in [0.25, 0.3) is 11.1 Å². The molecule has 0 saturated carbocycles. The van der Waals surface area contributed by atoms with Crippen molar-refractivity contribution >= 4 is 21.7 Å². The Morgan fingerprint density at radius 2 is 1.50 bits per heavy atom. The molecule has 0 radical (unpaired) electrons. The first-order valence-electron chi connectivity index (χ1n) is 8.39. The molecule has 1 N–H and O–H groups in total. The molecule has 28 heavy (non-hydrogen) atoms. The highest BCUT2D eigenvalue weighted by molar-refractivity contribution is 7.92. The molecular weight excluding hydrogens is 378 g/mol. The molecule has 0 amide bonds. The van der Waals surface area contributed by atoms with Crippen molar-refractivity contribution in [2.45, 2.75) is 4.90 Å². The Hall–Kier alpha value is -3.32. The molecule has 0 heterocycles. The predicted octanol–water partition coefficient (Wildman–Crippen LogP) is 3.95. The minimum atomic E-state index is -3.88. The van der Waals surface area contributed by atoms with Crippen LogP contribution in [0, 0.1) is 0 Å². The van der Waals surface area contributed by atoms with Gasteiger partial charge in [-0.05, 0) is 41.5 Å². The van der Waals surface area contributed by atoms with E-state index in [0.717, 1.165) is 11.1 Å². The zero-order valence-electron chi connectivity index (χ0n) is 15.4. The maximum Gasteiger partial charge on any atom is 0.337 e. The normalized spacial score (nSPS) is 10.9. The van der Waals surface area contributed by atoms with E-state index in [2.05, 4.69) is 9.46 Å². The third-order valence-electron chi connectivity index (χ3n) is 4.14. The zero-order chi connectivity index (χ0) is 20.1. The largest absolute Gasteiger partial charge is 0.495 e. The number of sulfonamides is 1. The van der Waals surface area contributed by atoms with Crippen LogP contribution >= 0.6 is 0 Å². The van der Waals surface area contributed by atoms with E-state index in [1.54, 1.807) is 12.1 Å². The molecule has 0 atom stereocenters. The quantitative estimate of drug-likeness (QED) is 0.637. The minimum absolute atomic E-state index is 0.0951. The van der Waals surface area contributed by atoms with Gasteiger partial charge >= 0.3 is 5.97 Å². The van der Waals surface area contributed by atoms with Crippen LogP contribution in [0.4, 0.5) is 5.69 Å². The van der Waals surface area contributed by atoms with Gasteiger partial charge in [0.1, 0.15) is 5.75 Å². The topological polar surface area (TPSA) is 81.7 Å². The van der Waals surface area contributed by atoms with Crippen molar-refractivity contribution in [1.82, 2.24) is 0 Å². The van der Waals surface area contributed by atoms with E-state index in [9.17, 15) is 13.2 Å². The summed E-state index contributed by atoms with van der Waals surface area (Å²) in [4.78, 5) is 11.8. The fourth-order valence-corrected chi connectivity index (χ4v) is 3.75. The molecule has 0 aliphatic rings. The Morgan fingerprint density at radius 3 is 2.11 bits per heavy atom. The van der Waals surface area contributed by atoms with Crippen LogP contribution in [-0.2, 0) is 14.8 Å². The maximum atomic E-state index is 12.8. The van der Waals surface area contributed by atoms with Gasteiger partial charge in [0.05, 0.1) is 30.4 Å². The lowest BCUT2D eigenvalue weighted by Crippen LogP contribution is -2.14. The molecule has 0 bridgehead atoms. The van der Waals surface area contributed by atoms with Gasteiger partial charge in [-0.1, -0.05) is 42.5 Å². The molecule has 0 aliphatic heterocycles. The third kappa shape index (κ3) is 4.15. The molecule has 144 valence electrons. The number of ether oxygens (including phenoxy) is 2. The van der Waals surface area contributed by atoms with Gasteiger partial charge < -0.3 is 9.47 Å². The number of hydrogen-bond donors (Lipinski definition) is 1. The third-order valence-corrected chi connectivity index (χ3v) is 5.52. The summed E-state index contributed by atoms with van der Waals surface area (Å²) in [7, 11) is -1.21. The second kappa shape index (κ2) is 8.14. The van der Waals surface area contributed by atoms with E-state index in [1.807, 2.05) is 30.3 Å². The van der Waals surface area contributed by atoms with E-state index in [1.165, 1.54) is 44.6 Å². The van der Waals surface area contributed by atoms with Gasteiger partial charge in [0, 0.05) is 0 Å². The zero-order valence-corrected chi connectivity index (χ0v) is 16.2. The SMILES string of the molecule is COC(=O)c1ccc(OC)c(NS(=O)(=O)c2ccc(-c3ccccc3)cc2)c1. The van der Waals surface area contributed by atoms with Gasteiger partial charge in [-0.3, -0.25) is 4.72 Å². The van der Waals surface area contributed by atoms with Crippen LogP contribution in [0.15, 0.2) is 77.7 Å². The van der Waals surface area contributed by atoms with Crippen LogP contribution in [0.3, 0.4) is 0 Å². The number of hydrogen-bond acceptors (Lipinski definition) is 5. The van der Waals surface area contributed by atoms with Crippen LogP contribution in [-0.4, -0.2) is 28.6 Å². The molecule has 0 aliphatic carbocycles. The molecule has 0 fully saturated rings. The maximum absolute atomic E-state index is 12.8. The molecule has 0 saturated heterocycles. The van der Waals surface area contributed by atoms with Gasteiger partial charge in [-0.25, -0.2) is 13.2 Å². The summed E-state index contributed by atoms with van der Waals surface area (Å²) in [6, 6.07) is 20.6. The Labute approximate surface area is 163 Å². The number of anilines is 1. The highest BCUT2D eigenvalue weighted by Crippen LogP contribution is 2.29. The average molecular weight is 397 g/mol. The second-order valence-corrected chi connectivity index (χ2v) is 7.58. The standard InChI is InChI=1S/C21H19NO5S/c1-26-20-13-10-17(21(23)27-2)14-19(20)22-28(24,25)18-11-8-16(9-12-18)15-6-4-3-5-7-15/h3-14,22H,1-2H3. The number of benzene rings is 3. The Kier molecular flexibility index (Phi) is 5.65. The first-order valence-corrected chi connectivity index (χ1v) is 9.87. The molecule has 3 aromatic rings. The lowest BCUT2D eigenvalue weighted by Gasteiger charge is -2.13. The Bertz CT molecular complexity index is 1080. The van der Waals surface area contributed by atoms with Crippen molar-refractivity contribution < 1.29 is 22.7 Å². The molecule has 0 spiro atoms. The highest BCUT2D eigenvalue weighted by Gasteiger charge is 2.18. The van der Waals surface area contributed by atoms with Gasteiger partial charge in [-0.2, -0.15) is 0 Å². The fraction of sp³-hybridized carbons (Fsp3) is 0.0952. The van der Waals surface area contributed by atoms with E-state index in [4.69, 9.17) is 4.74 Å². The van der Waals surface area contributed by atoms with E-state index >= 15 is 0 Å². The van der Waals surface area contributed by atoms with E-state index < -0.39 is 16.0 Å². The van der Waals surface area contributed by atoms with E-state index in [-0.39, 0.29) is 21.9 Å².